The maximum atomic E-state index is 11.4. The molecular weight excluding hydrogens is 274 g/mol. The van der Waals surface area contributed by atoms with Crippen LogP contribution in [0.1, 0.15) is 32.6 Å². The number of sulfone groups is 1. The van der Waals surface area contributed by atoms with Crippen LogP contribution in [0.5, 0.6) is 0 Å². The minimum absolute atomic E-state index is 0.313. The number of hydrogen-bond donors (Lipinski definition) is 2. The molecule has 5 heteroatoms. The average molecular weight is 297 g/mol. The van der Waals surface area contributed by atoms with Gasteiger partial charge in [0.2, 0.25) is 0 Å². The van der Waals surface area contributed by atoms with Crippen LogP contribution in [-0.2, 0) is 9.84 Å². The van der Waals surface area contributed by atoms with Gasteiger partial charge >= 0.3 is 0 Å². The fourth-order valence-corrected chi connectivity index (χ4v) is 3.51. The predicted octanol–water partition coefficient (Wildman–Crippen LogP) is 2.44. The SMILES string of the molecule is CC1CCCC(O)(CNc2ccc(S(C)(=O)=O)cc2)C1. The van der Waals surface area contributed by atoms with Gasteiger partial charge in [0, 0.05) is 18.5 Å². The third-order valence-corrected chi connectivity index (χ3v) is 5.10. The fourth-order valence-electron chi connectivity index (χ4n) is 2.88. The highest BCUT2D eigenvalue weighted by Gasteiger charge is 2.32. The first-order valence-electron chi connectivity index (χ1n) is 7.05. The average Bonchev–Trinajstić information content (AvgIpc) is 2.36. The molecule has 2 rings (SSSR count). The Morgan fingerprint density at radius 2 is 2.00 bits per heavy atom. The third kappa shape index (κ3) is 3.96. The van der Waals surface area contributed by atoms with Crippen molar-refractivity contribution in [2.75, 3.05) is 18.1 Å². The van der Waals surface area contributed by atoms with E-state index in [2.05, 4.69) is 12.2 Å². The molecule has 1 saturated carbocycles. The number of rotatable bonds is 4. The summed E-state index contributed by atoms with van der Waals surface area (Å²) in [5, 5.41) is 13.7. The molecule has 20 heavy (non-hydrogen) atoms. The molecule has 0 radical (unpaired) electrons. The maximum Gasteiger partial charge on any atom is 0.175 e. The maximum absolute atomic E-state index is 11.4. The largest absolute Gasteiger partial charge is 0.388 e. The van der Waals surface area contributed by atoms with Crippen LogP contribution in [0.3, 0.4) is 0 Å². The Labute approximate surface area is 121 Å². The Balaban J connectivity index is 1.97. The number of benzene rings is 1. The van der Waals surface area contributed by atoms with Gasteiger partial charge in [0.15, 0.2) is 9.84 Å². The van der Waals surface area contributed by atoms with Gasteiger partial charge in [-0.15, -0.1) is 0 Å². The second kappa shape index (κ2) is 5.74. The van der Waals surface area contributed by atoms with Crippen LogP contribution in [0.4, 0.5) is 5.69 Å². The molecule has 1 aliphatic carbocycles. The molecule has 1 aromatic carbocycles. The first-order valence-corrected chi connectivity index (χ1v) is 8.94. The van der Waals surface area contributed by atoms with Gasteiger partial charge in [0.05, 0.1) is 10.5 Å². The molecule has 0 saturated heterocycles. The van der Waals surface area contributed by atoms with Crippen LogP contribution in [0, 0.1) is 5.92 Å². The van der Waals surface area contributed by atoms with Gasteiger partial charge in [-0.25, -0.2) is 8.42 Å². The Kier molecular flexibility index (Phi) is 4.39. The molecule has 1 aliphatic rings. The lowest BCUT2D eigenvalue weighted by Crippen LogP contribution is -2.41. The van der Waals surface area contributed by atoms with Crippen LogP contribution in [-0.4, -0.2) is 31.9 Å². The minimum Gasteiger partial charge on any atom is -0.388 e. The molecule has 0 amide bonds. The first kappa shape index (κ1) is 15.3. The monoisotopic (exact) mass is 297 g/mol. The smallest absolute Gasteiger partial charge is 0.175 e. The molecular formula is C15H23NO3S. The summed E-state index contributed by atoms with van der Waals surface area (Å²) >= 11 is 0. The topological polar surface area (TPSA) is 66.4 Å². The van der Waals surface area contributed by atoms with Gasteiger partial charge in [0.1, 0.15) is 0 Å². The van der Waals surface area contributed by atoms with E-state index in [4.69, 9.17) is 0 Å². The van der Waals surface area contributed by atoms with Crippen molar-refractivity contribution in [3.63, 3.8) is 0 Å². The molecule has 1 fully saturated rings. The molecule has 2 atom stereocenters. The first-order chi connectivity index (χ1) is 9.28. The summed E-state index contributed by atoms with van der Waals surface area (Å²) in [6.45, 7) is 2.68. The van der Waals surface area contributed by atoms with Gasteiger partial charge in [-0.05, 0) is 43.0 Å². The molecule has 0 aromatic heterocycles. The molecule has 112 valence electrons. The highest BCUT2D eigenvalue weighted by atomic mass is 32.2. The number of nitrogens with one attached hydrogen (secondary N) is 1. The van der Waals surface area contributed by atoms with E-state index in [1.165, 1.54) is 12.7 Å². The quantitative estimate of drug-likeness (QED) is 0.896. The van der Waals surface area contributed by atoms with Crippen molar-refractivity contribution in [1.82, 2.24) is 0 Å². The summed E-state index contributed by atoms with van der Waals surface area (Å²) in [6, 6.07) is 6.66. The van der Waals surface area contributed by atoms with Crippen LogP contribution in [0.2, 0.25) is 0 Å². The van der Waals surface area contributed by atoms with E-state index in [1.54, 1.807) is 24.3 Å². The van der Waals surface area contributed by atoms with E-state index in [9.17, 15) is 13.5 Å². The zero-order valence-corrected chi connectivity index (χ0v) is 12.9. The normalized spacial score (nSPS) is 27.2. The summed E-state index contributed by atoms with van der Waals surface area (Å²) in [4.78, 5) is 0.313. The molecule has 0 bridgehead atoms. The Morgan fingerprint density at radius 3 is 2.55 bits per heavy atom. The van der Waals surface area contributed by atoms with Crippen molar-refractivity contribution in [1.29, 1.82) is 0 Å². The molecule has 0 heterocycles. The second-order valence-electron chi connectivity index (χ2n) is 6.08. The fraction of sp³-hybridized carbons (Fsp3) is 0.600. The lowest BCUT2D eigenvalue weighted by atomic mass is 9.79. The van der Waals surface area contributed by atoms with Crippen molar-refractivity contribution in [2.45, 2.75) is 43.1 Å². The summed E-state index contributed by atoms with van der Waals surface area (Å²) in [6.07, 6.45) is 5.09. The van der Waals surface area contributed by atoms with Gasteiger partial charge < -0.3 is 10.4 Å². The van der Waals surface area contributed by atoms with Crippen molar-refractivity contribution >= 4 is 15.5 Å². The van der Waals surface area contributed by atoms with Crippen molar-refractivity contribution < 1.29 is 13.5 Å². The van der Waals surface area contributed by atoms with Gasteiger partial charge in [-0.3, -0.25) is 0 Å². The lowest BCUT2D eigenvalue weighted by molar-refractivity contribution is -0.000763. The van der Waals surface area contributed by atoms with Gasteiger partial charge in [-0.2, -0.15) is 0 Å². The molecule has 2 N–H and O–H groups in total. The molecule has 1 aromatic rings. The van der Waals surface area contributed by atoms with Gasteiger partial charge in [0.25, 0.3) is 0 Å². The number of hydrogen-bond acceptors (Lipinski definition) is 4. The van der Waals surface area contributed by atoms with E-state index in [-0.39, 0.29) is 0 Å². The van der Waals surface area contributed by atoms with Crippen molar-refractivity contribution in [3.05, 3.63) is 24.3 Å². The van der Waals surface area contributed by atoms with E-state index >= 15 is 0 Å². The molecule has 4 nitrogen and oxygen atoms in total. The lowest BCUT2D eigenvalue weighted by Gasteiger charge is -2.35. The standard InChI is InChI=1S/C15H23NO3S/c1-12-4-3-9-15(17,10-12)11-16-13-5-7-14(8-6-13)20(2,18)19/h5-8,12,16-17H,3-4,9-11H2,1-2H3. The van der Waals surface area contributed by atoms with E-state index < -0.39 is 15.4 Å². The number of anilines is 1. The predicted molar refractivity (Wildman–Crippen MR) is 80.6 cm³/mol. The zero-order chi connectivity index (χ0) is 14.8. The second-order valence-corrected chi connectivity index (χ2v) is 8.09. The summed E-state index contributed by atoms with van der Waals surface area (Å²) in [7, 11) is -3.15. The highest BCUT2D eigenvalue weighted by molar-refractivity contribution is 7.90. The highest BCUT2D eigenvalue weighted by Crippen LogP contribution is 2.32. The van der Waals surface area contributed by atoms with Crippen LogP contribution in [0.25, 0.3) is 0 Å². The third-order valence-electron chi connectivity index (χ3n) is 3.97. The van der Waals surface area contributed by atoms with Crippen LogP contribution in [0.15, 0.2) is 29.2 Å². The molecule has 0 aliphatic heterocycles. The van der Waals surface area contributed by atoms with Gasteiger partial charge in [-0.1, -0.05) is 19.8 Å². The Hall–Kier alpha value is -1.07. The van der Waals surface area contributed by atoms with Crippen molar-refractivity contribution in [2.24, 2.45) is 5.92 Å². The van der Waals surface area contributed by atoms with E-state index in [0.29, 0.717) is 17.4 Å². The Bertz CT molecular complexity index is 553. The zero-order valence-electron chi connectivity index (χ0n) is 12.1. The molecule has 0 spiro atoms. The summed E-state index contributed by atoms with van der Waals surface area (Å²) in [5.74, 6) is 0.558. The van der Waals surface area contributed by atoms with E-state index in [1.807, 2.05) is 0 Å². The summed E-state index contributed by atoms with van der Waals surface area (Å²) < 4.78 is 22.8. The van der Waals surface area contributed by atoms with Crippen LogP contribution >= 0.6 is 0 Å². The Morgan fingerprint density at radius 1 is 1.35 bits per heavy atom. The van der Waals surface area contributed by atoms with Crippen molar-refractivity contribution in [3.8, 4) is 0 Å². The summed E-state index contributed by atoms with van der Waals surface area (Å²) in [5.41, 5.74) is 0.191. The van der Waals surface area contributed by atoms with E-state index in [0.717, 1.165) is 24.9 Å². The number of aliphatic hydroxyl groups is 1. The van der Waals surface area contributed by atoms with Crippen LogP contribution < -0.4 is 5.32 Å². The minimum atomic E-state index is -3.15. The molecule has 2 unspecified atom stereocenters.